The molecule has 1 aromatic heterocycles. The van der Waals surface area contributed by atoms with Gasteiger partial charge in [-0.25, -0.2) is 9.97 Å². The lowest BCUT2D eigenvalue weighted by Crippen LogP contribution is -2.52. The summed E-state index contributed by atoms with van der Waals surface area (Å²) in [4.78, 5) is 29.2. The molecule has 7 heteroatoms. The Balaban J connectivity index is 1.32. The molecule has 0 bridgehead atoms. The van der Waals surface area contributed by atoms with Gasteiger partial charge in [-0.3, -0.25) is 9.69 Å². The van der Waals surface area contributed by atoms with E-state index in [4.69, 9.17) is 9.72 Å². The summed E-state index contributed by atoms with van der Waals surface area (Å²) in [7, 11) is 0. The van der Waals surface area contributed by atoms with Gasteiger partial charge in [-0.15, -0.1) is 0 Å². The van der Waals surface area contributed by atoms with Gasteiger partial charge < -0.3 is 14.5 Å². The van der Waals surface area contributed by atoms with Crippen LogP contribution in [0.1, 0.15) is 44.1 Å². The maximum Gasteiger partial charge on any atom is 0.227 e. The van der Waals surface area contributed by atoms with E-state index in [0.717, 1.165) is 88.7 Å². The molecule has 0 aliphatic carbocycles. The average molecular weight is 402 g/mol. The van der Waals surface area contributed by atoms with Crippen molar-refractivity contribution in [3.63, 3.8) is 0 Å². The number of aromatic nitrogens is 2. The van der Waals surface area contributed by atoms with E-state index in [1.54, 1.807) is 0 Å². The number of likely N-dealkylation sites (tertiary alicyclic amines) is 1. The topological polar surface area (TPSA) is 61.8 Å². The normalized spacial score (nSPS) is 24.7. The fourth-order valence-corrected chi connectivity index (χ4v) is 4.97. The summed E-state index contributed by atoms with van der Waals surface area (Å²) >= 11 is 0. The molecular weight excluding hydrogens is 366 g/mol. The average Bonchev–Trinajstić information content (AvgIpc) is 2.79. The van der Waals surface area contributed by atoms with Crippen LogP contribution in [0.5, 0.6) is 0 Å². The first kappa shape index (κ1) is 20.5. The lowest BCUT2D eigenvalue weighted by Gasteiger charge is -2.43. The van der Waals surface area contributed by atoms with Crippen molar-refractivity contribution in [1.29, 1.82) is 0 Å². The minimum atomic E-state index is 0.163. The van der Waals surface area contributed by atoms with E-state index < -0.39 is 0 Å². The van der Waals surface area contributed by atoms with Gasteiger partial charge in [0.25, 0.3) is 0 Å². The number of amides is 1. The standard InChI is InChI=1S/C22H35N5O2/c1-3-20-23-17(2)15-21(24-20)25-9-6-19(7-10-25)27-8-4-5-18(16-27)22(28)26-11-13-29-14-12-26/h15,18-19H,3-14,16H2,1-2H3/t18-/m1/s1. The molecule has 3 saturated heterocycles. The summed E-state index contributed by atoms with van der Waals surface area (Å²) < 4.78 is 5.40. The number of ether oxygens (including phenoxy) is 1. The number of hydrogen-bond acceptors (Lipinski definition) is 6. The van der Waals surface area contributed by atoms with Crippen LogP contribution in [0.15, 0.2) is 6.07 Å². The van der Waals surface area contributed by atoms with E-state index in [0.29, 0.717) is 25.2 Å². The number of anilines is 1. The van der Waals surface area contributed by atoms with Crippen molar-refractivity contribution in [2.45, 2.75) is 52.0 Å². The van der Waals surface area contributed by atoms with Crippen molar-refractivity contribution < 1.29 is 9.53 Å². The van der Waals surface area contributed by atoms with Crippen molar-refractivity contribution in [1.82, 2.24) is 19.8 Å². The van der Waals surface area contributed by atoms with E-state index in [9.17, 15) is 4.79 Å². The SMILES string of the molecule is CCc1nc(C)cc(N2CCC(N3CCC[C@@H](C(=O)N4CCOCC4)C3)CC2)n1. The molecule has 0 aromatic carbocycles. The lowest BCUT2D eigenvalue weighted by molar-refractivity contribution is -0.141. The van der Waals surface area contributed by atoms with Gasteiger partial charge in [0.05, 0.1) is 19.1 Å². The number of morpholine rings is 1. The molecule has 0 spiro atoms. The van der Waals surface area contributed by atoms with Gasteiger partial charge in [0.15, 0.2) is 0 Å². The quantitative estimate of drug-likeness (QED) is 0.768. The van der Waals surface area contributed by atoms with Crippen LogP contribution in [0.2, 0.25) is 0 Å². The molecule has 0 saturated carbocycles. The predicted molar refractivity (Wildman–Crippen MR) is 113 cm³/mol. The van der Waals surface area contributed by atoms with Crippen molar-refractivity contribution in [3.05, 3.63) is 17.6 Å². The summed E-state index contributed by atoms with van der Waals surface area (Å²) in [6.45, 7) is 11.2. The third-order valence-corrected chi connectivity index (χ3v) is 6.63. The minimum Gasteiger partial charge on any atom is -0.378 e. The van der Waals surface area contributed by atoms with Crippen molar-refractivity contribution >= 4 is 11.7 Å². The van der Waals surface area contributed by atoms with E-state index in [-0.39, 0.29) is 5.92 Å². The molecule has 0 unspecified atom stereocenters. The molecule has 29 heavy (non-hydrogen) atoms. The van der Waals surface area contributed by atoms with Gasteiger partial charge in [-0.05, 0) is 39.2 Å². The highest BCUT2D eigenvalue weighted by Gasteiger charge is 2.34. The largest absolute Gasteiger partial charge is 0.378 e. The van der Waals surface area contributed by atoms with Gasteiger partial charge in [0.1, 0.15) is 11.6 Å². The van der Waals surface area contributed by atoms with E-state index in [2.05, 4.69) is 34.7 Å². The van der Waals surface area contributed by atoms with Crippen LogP contribution in [0.4, 0.5) is 5.82 Å². The fraction of sp³-hybridized carbons (Fsp3) is 0.773. The van der Waals surface area contributed by atoms with Crippen LogP contribution in [-0.2, 0) is 16.0 Å². The number of nitrogens with zero attached hydrogens (tertiary/aromatic N) is 5. The number of piperidine rings is 2. The second-order valence-electron chi connectivity index (χ2n) is 8.63. The third kappa shape index (κ3) is 4.89. The first-order valence-corrected chi connectivity index (χ1v) is 11.3. The third-order valence-electron chi connectivity index (χ3n) is 6.63. The molecule has 4 rings (SSSR count). The first-order valence-electron chi connectivity index (χ1n) is 11.3. The molecule has 3 aliphatic heterocycles. The minimum absolute atomic E-state index is 0.163. The monoisotopic (exact) mass is 401 g/mol. The Morgan fingerprint density at radius 3 is 2.59 bits per heavy atom. The van der Waals surface area contributed by atoms with Gasteiger partial charge in [-0.1, -0.05) is 6.92 Å². The number of carbonyl (C=O) groups is 1. The Kier molecular flexibility index (Phi) is 6.65. The van der Waals surface area contributed by atoms with Crippen LogP contribution in [-0.4, -0.2) is 84.2 Å². The molecular formula is C22H35N5O2. The highest BCUT2D eigenvalue weighted by atomic mass is 16.5. The van der Waals surface area contributed by atoms with E-state index in [1.165, 1.54) is 0 Å². The summed E-state index contributed by atoms with van der Waals surface area (Å²) in [6.07, 6.45) is 5.32. The van der Waals surface area contributed by atoms with Crippen LogP contribution >= 0.6 is 0 Å². The molecule has 0 N–H and O–H groups in total. The lowest BCUT2D eigenvalue weighted by atomic mass is 9.92. The van der Waals surface area contributed by atoms with Crippen molar-refractivity contribution in [3.8, 4) is 0 Å². The van der Waals surface area contributed by atoms with E-state index >= 15 is 0 Å². The summed E-state index contributed by atoms with van der Waals surface area (Å²) in [5.41, 5.74) is 1.05. The van der Waals surface area contributed by atoms with Gasteiger partial charge in [-0.2, -0.15) is 0 Å². The van der Waals surface area contributed by atoms with Crippen LogP contribution < -0.4 is 4.90 Å². The molecule has 160 valence electrons. The summed E-state index contributed by atoms with van der Waals surface area (Å²) in [6, 6.07) is 2.69. The van der Waals surface area contributed by atoms with Gasteiger partial charge >= 0.3 is 0 Å². The van der Waals surface area contributed by atoms with E-state index in [1.807, 2.05) is 4.90 Å². The molecule has 1 amide bonds. The zero-order chi connectivity index (χ0) is 20.2. The second kappa shape index (κ2) is 9.39. The smallest absolute Gasteiger partial charge is 0.227 e. The Morgan fingerprint density at radius 2 is 1.86 bits per heavy atom. The molecule has 7 nitrogen and oxygen atoms in total. The maximum absolute atomic E-state index is 12.9. The fourth-order valence-electron chi connectivity index (χ4n) is 4.97. The molecule has 3 aliphatic rings. The molecule has 1 atom stereocenters. The van der Waals surface area contributed by atoms with Crippen LogP contribution in [0, 0.1) is 12.8 Å². The Morgan fingerprint density at radius 1 is 1.10 bits per heavy atom. The molecule has 0 radical (unpaired) electrons. The highest BCUT2D eigenvalue weighted by Crippen LogP contribution is 2.27. The zero-order valence-electron chi connectivity index (χ0n) is 18.0. The summed E-state index contributed by atoms with van der Waals surface area (Å²) in [5.74, 6) is 2.52. The maximum atomic E-state index is 12.9. The predicted octanol–water partition coefficient (Wildman–Crippen LogP) is 1.89. The number of carbonyl (C=O) groups excluding carboxylic acids is 1. The molecule has 1 aromatic rings. The highest BCUT2D eigenvalue weighted by molar-refractivity contribution is 5.79. The van der Waals surface area contributed by atoms with Crippen molar-refractivity contribution in [2.24, 2.45) is 5.92 Å². The molecule has 4 heterocycles. The Hall–Kier alpha value is -1.73. The Bertz CT molecular complexity index is 698. The summed E-state index contributed by atoms with van der Waals surface area (Å²) in [5, 5.41) is 0. The van der Waals surface area contributed by atoms with Crippen LogP contribution in [0.3, 0.4) is 0 Å². The van der Waals surface area contributed by atoms with Crippen LogP contribution in [0.25, 0.3) is 0 Å². The number of aryl methyl sites for hydroxylation is 2. The first-order chi connectivity index (χ1) is 14.1. The Labute approximate surface area is 174 Å². The second-order valence-corrected chi connectivity index (χ2v) is 8.63. The van der Waals surface area contributed by atoms with Gasteiger partial charge in [0.2, 0.25) is 5.91 Å². The number of hydrogen-bond donors (Lipinski definition) is 0. The number of rotatable bonds is 4. The zero-order valence-corrected chi connectivity index (χ0v) is 18.0. The molecule has 3 fully saturated rings. The van der Waals surface area contributed by atoms with Gasteiger partial charge in [0, 0.05) is 56.9 Å². The van der Waals surface area contributed by atoms with Crippen molar-refractivity contribution in [2.75, 3.05) is 57.4 Å².